The van der Waals surface area contributed by atoms with E-state index in [-0.39, 0.29) is 32.1 Å². The van der Waals surface area contributed by atoms with Crippen LogP contribution in [0.15, 0.2) is 53.4 Å². The highest BCUT2D eigenvalue weighted by molar-refractivity contribution is 7.89. The summed E-state index contributed by atoms with van der Waals surface area (Å²) in [6.07, 6.45) is -4.64. The predicted molar refractivity (Wildman–Crippen MR) is 106 cm³/mol. The van der Waals surface area contributed by atoms with Crippen molar-refractivity contribution in [1.82, 2.24) is 9.21 Å². The van der Waals surface area contributed by atoms with Gasteiger partial charge in [-0.25, -0.2) is 12.8 Å². The summed E-state index contributed by atoms with van der Waals surface area (Å²) in [5.74, 6) is -0.862. The minimum absolute atomic E-state index is 0.0240. The number of rotatable bonds is 5. The molecular weight excluding hydrogens is 438 g/mol. The van der Waals surface area contributed by atoms with Gasteiger partial charge in [0.1, 0.15) is 5.82 Å². The number of amides is 1. The summed E-state index contributed by atoms with van der Waals surface area (Å²) in [6, 6.07) is 8.47. The molecule has 168 valence electrons. The minimum Gasteiger partial charge on any atom is -0.325 e. The zero-order chi connectivity index (χ0) is 22.8. The van der Waals surface area contributed by atoms with Crippen molar-refractivity contribution in [2.75, 3.05) is 31.5 Å². The number of carbonyl (C=O) groups is 1. The molecule has 2 aromatic rings. The molecule has 1 saturated heterocycles. The van der Waals surface area contributed by atoms with Gasteiger partial charge in [-0.1, -0.05) is 12.1 Å². The largest absolute Gasteiger partial charge is 0.416 e. The second-order valence-electron chi connectivity index (χ2n) is 7.14. The second-order valence-corrected chi connectivity index (χ2v) is 9.08. The maximum atomic E-state index is 13.3. The first kappa shape index (κ1) is 23.2. The quantitative estimate of drug-likeness (QED) is 0.698. The monoisotopic (exact) mass is 459 g/mol. The van der Waals surface area contributed by atoms with Crippen molar-refractivity contribution < 1.29 is 30.8 Å². The van der Waals surface area contributed by atoms with Crippen molar-refractivity contribution in [2.24, 2.45) is 0 Å². The lowest BCUT2D eigenvalue weighted by molar-refractivity contribution is -0.137. The summed E-state index contributed by atoms with van der Waals surface area (Å²) in [6.45, 7) is 2.13. The van der Waals surface area contributed by atoms with E-state index in [1.165, 1.54) is 18.2 Å². The molecule has 0 aliphatic carbocycles. The van der Waals surface area contributed by atoms with Gasteiger partial charge < -0.3 is 5.32 Å². The van der Waals surface area contributed by atoms with Gasteiger partial charge in [0, 0.05) is 31.9 Å². The number of piperazine rings is 1. The minimum atomic E-state index is -4.64. The molecule has 1 atom stereocenters. The average molecular weight is 459 g/mol. The van der Waals surface area contributed by atoms with Crippen LogP contribution in [0.1, 0.15) is 12.5 Å². The number of nitrogens with one attached hydrogen (secondary N) is 1. The molecule has 0 unspecified atom stereocenters. The van der Waals surface area contributed by atoms with Crippen molar-refractivity contribution in [3.05, 3.63) is 59.9 Å². The average Bonchev–Trinajstić information content (AvgIpc) is 2.73. The van der Waals surface area contributed by atoms with Gasteiger partial charge in [0.2, 0.25) is 15.9 Å². The molecule has 0 saturated carbocycles. The first-order valence-corrected chi connectivity index (χ1v) is 10.9. The van der Waals surface area contributed by atoms with E-state index in [0.29, 0.717) is 11.8 Å². The van der Waals surface area contributed by atoms with Crippen LogP contribution in [-0.2, 0) is 21.0 Å². The Morgan fingerprint density at radius 1 is 1.03 bits per heavy atom. The summed E-state index contributed by atoms with van der Waals surface area (Å²) in [5.41, 5.74) is -0.725. The number of alkyl halides is 3. The number of benzene rings is 2. The van der Waals surface area contributed by atoms with Gasteiger partial charge in [0.15, 0.2) is 0 Å². The molecule has 1 aliphatic rings. The zero-order valence-corrected chi connectivity index (χ0v) is 17.4. The van der Waals surface area contributed by atoms with Crippen LogP contribution in [0.25, 0.3) is 0 Å². The van der Waals surface area contributed by atoms with Gasteiger partial charge in [-0.2, -0.15) is 17.5 Å². The number of halogens is 4. The molecule has 0 bridgehead atoms. The van der Waals surface area contributed by atoms with Crippen LogP contribution in [-0.4, -0.2) is 55.8 Å². The number of hydrogen-bond donors (Lipinski definition) is 1. The van der Waals surface area contributed by atoms with E-state index in [4.69, 9.17) is 0 Å². The van der Waals surface area contributed by atoms with Crippen LogP contribution < -0.4 is 5.32 Å². The standard InChI is InChI=1S/C20H21F4N3O3S/c1-14(19(28)25-17-6-3-5-16(21)13-17)26-8-10-27(11-9-26)31(29,30)18-7-2-4-15(12-18)20(22,23)24/h2-7,12-14H,8-11H2,1H3,(H,25,28)/t14-/m0/s1. The Kier molecular flexibility index (Phi) is 6.68. The van der Waals surface area contributed by atoms with E-state index < -0.39 is 38.5 Å². The van der Waals surface area contributed by atoms with Gasteiger partial charge in [-0.3, -0.25) is 9.69 Å². The Bertz CT molecular complexity index is 1050. The first-order chi connectivity index (χ1) is 14.5. The smallest absolute Gasteiger partial charge is 0.325 e. The molecule has 1 aliphatic heterocycles. The lowest BCUT2D eigenvalue weighted by Crippen LogP contribution is -2.53. The fraction of sp³-hybridized carbons (Fsp3) is 0.350. The maximum Gasteiger partial charge on any atom is 0.416 e. The van der Waals surface area contributed by atoms with Crippen molar-refractivity contribution in [3.63, 3.8) is 0 Å². The molecule has 31 heavy (non-hydrogen) atoms. The summed E-state index contributed by atoms with van der Waals surface area (Å²) < 4.78 is 78.7. The summed E-state index contributed by atoms with van der Waals surface area (Å²) in [7, 11) is -4.10. The predicted octanol–water partition coefficient (Wildman–Crippen LogP) is 3.18. The Hall–Kier alpha value is -2.50. The number of anilines is 1. The molecular formula is C20H21F4N3O3S. The third-order valence-corrected chi connectivity index (χ3v) is 6.99. The van der Waals surface area contributed by atoms with Gasteiger partial charge in [0.05, 0.1) is 16.5 Å². The van der Waals surface area contributed by atoms with Crippen LogP contribution in [0, 0.1) is 5.82 Å². The molecule has 0 aromatic heterocycles. The van der Waals surface area contributed by atoms with Crippen LogP contribution in [0.5, 0.6) is 0 Å². The maximum absolute atomic E-state index is 13.3. The summed E-state index contributed by atoms with van der Waals surface area (Å²) in [5, 5.41) is 2.61. The number of sulfonamides is 1. The summed E-state index contributed by atoms with van der Waals surface area (Å²) in [4.78, 5) is 13.8. The second kappa shape index (κ2) is 8.93. The SMILES string of the molecule is C[C@@H](C(=O)Nc1cccc(F)c1)N1CCN(S(=O)(=O)c2cccc(C(F)(F)F)c2)CC1. The molecule has 3 rings (SSSR count). The molecule has 6 nitrogen and oxygen atoms in total. The number of hydrogen-bond acceptors (Lipinski definition) is 4. The van der Waals surface area contributed by atoms with Crippen LogP contribution >= 0.6 is 0 Å². The lowest BCUT2D eigenvalue weighted by atomic mass is 10.2. The Labute approximate surface area is 177 Å². The van der Waals surface area contributed by atoms with Crippen molar-refractivity contribution >= 4 is 21.6 Å². The van der Waals surface area contributed by atoms with E-state index in [9.17, 15) is 30.8 Å². The highest BCUT2D eigenvalue weighted by Gasteiger charge is 2.35. The molecule has 2 aromatic carbocycles. The van der Waals surface area contributed by atoms with E-state index in [2.05, 4.69) is 5.32 Å². The lowest BCUT2D eigenvalue weighted by Gasteiger charge is -2.36. The molecule has 11 heteroatoms. The Morgan fingerprint density at radius 3 is 2.29 bits per heavy atom. The van der Waals surface area contributed by atoms with Crippen LogP contribution in [0.4, 0.5) is 23.2 Å². The van der Waals surface area contributed by atoms with Gasteiger partial charge in [-0.05, 0) is 43.3 Å². The van der Waals surface area contributed by atoms with E-state index >= 15 is 0 Å². The van der Waals surface area contributed by atoms with Crippen LogP contribution in [0.2, 0.25) is 0 Å². The fourth-order valence-electron chi connectivity index (χ4n) is 3.29. The molecule has 1 amide bonds. The van der Waals surface area contributed by atoms with Crippen molar-refractivity contribution in [1.29, 1.82) is 0 Å². The molecule has 1 fully saturated rings. The van der Waals surface area contributed by atoms with Gasteiger partial charge in [0.25, 0.3) is 0 Å². The topological polar surface area (TPSA) is 69.7 Å². The molecule has 0 spiro atoms. The van der Waals surface area contributed by atoms with Gasteiger partial charge >= 0.3 is 6.18 Å². The molecule has 1 heterocycles. The highest BCUT2D eigenvalue weighted by atomic mass is 32.2. The Morgan fingerprint density at radius 2 is 1.68 bits per heavy atom. The number of carbonyl (C=O) groups excluding carboxylic acids is 1. The first-order valence-electron chi connectivity index (χ1n) is 9.46. The highest BCUT2D eigenvalue weighted by Crippen LogP contribution is 2.31. The summed E-state index contributed by atoms with van der Waals surface area (Å²) >= 11 is 0. The van der Waals surface area contributed by atoms with Gasteiger partial charge in [-0.15, -0.1) is 0 Å². The van der Waals surface area contributed by atoms with E-state index in [0.717, 1.165) is 22.5 Å². The third kappa shape index (κ3) is 5.41. The Balaban J connectivity index is 1.64. The fourth-order valence-corrected chi connectivity index (χ4v) is 4.76. The van der Waals surface area contributed by atoms with Crippen molar-refractivity contribution in [2.45, 2.75) is 24.0 Å². The van der Waals surface area contributed by atoms with E-state index in [1.807, 2.05) is 0 Å². The number of nitrogens with zero attached hydrogens (tertiary/aromatic N) is 2. The van der Waals surface area contributed by atoms with Crippen LogP contribution in [0.3, 0.4) is 0 Å². The van der Waals surface area contributed by atoms with E-state index in [1.54, 1.807) is 17.9 Å². The normalized spacial score (nSPS) is 17.3. The molecule has 1 N–H and O–H groups in total. The zero-order valence-electron chi connectivity index (χ0n) is 16.6. The molecule has 0 radical (unpaired) electrons. The third-order valence-electron chi connectivity index (χ3n) is 5.09. The van der Waals surface area contributed by atoms with Crippen molar-refractivity contribution in [3.8, 4) is 0 Å².